The molecule has 2 aromatic rings. The van der Waals surface area contributed by atoms with Crippen LogP contribution in [0.3, 0.4) is 0 Å². The van der Waals surface area contributed by atoms with Crippen molar-refractivity contribution in [3.8, 4) is 5.75 Å². The Bertz CT molecular complexity index is 1250. The molecule has 218 valence electrons. The molecule has 3 aliphatic heterocycles. The molecule has 2 saturated heterocycles. The number of H-pyrrole nitrogens is 1. The number of hydrogen-bond donors (Lipinski definition) is 4. The van der Waals surface area contributed by atoms with Crippen LogP contribution in [0.15, 0.2) is 18.2 Å². The van der Waals surface area contributed by atoms with E-state index in [2.05, 4.69) is 73.5 Å². The number of carbonyl (C=O) groups is 1. The van der Waals surface area contributed by atoms with E-state index in [4.69, 9.17) is 4.98 Å². The van der Waals surface area contributed by atoms with E-state index in [-0.39, 0.29) is 29.6 Å². The number of hydrogen-bond acceptors (Lipinski definition) is 7. The van der Waals surface area contributed by atoms with Gasteiger partial charge in [-0.1, -0.05) is 13.0 Å². The fraction of sp³-hybridized carbons (Fsp3) is 0.677. The van der Waals surface area contributed by atoms with E-state index < -0.39 is 0 Å². The predicted octanol–water partition coefficient (Wildman–Crippen LogP) is 3.08. The van der Waals surface area contributed by atoms with E-state index in [0.717, 1.165) is 62.5 Å². The average Bonchev–Trinajstić information content (AvgIpc) is 3.52. The van der Waals surface area contributed by atoms with Crippen molar-refractivity contribution in [1.29, 1.82) is 0 Å². The van der Waals surface area contributed by atoms with Gasteiger partial charge in [-0.05, 0) is 95.6 Å². The zero-order valence-corrected chi connectivity index (χ0v) is 25.0. The third-order valence-corrected chi connectivity index (χ3v) is 10.4. The summed E-state index contributed by atoms with van der Waals surface area (Å²) < 4.78 is 0. The van der Waals surface area contributed by atoms with Gasteiger partial charge in [0.1, 0.15) is 11.6 Å². The van der Waals surface area contributed by atoms with Crippen LogP contribution in [0.25, 0.3) is 0 Å². The lowest BCUT2D eigenvalue weighted by molar-refractivity contribution is -0.150. The number of aromatic nitrogens is 2. The number of fused-ring (bicyclic) bond motifs is 2. The van der Waals surface area contributed by atoms with Crippen LogP contribution in [-0.4, -0.2) is 86.5 Å². The number of imidazole rings is 1. The lowest BCUT2D eigenvalue weighted by Crippen LogP contribution is -2.70. The van der Waals surface area contributed by atoms with Crippen LogP contribution < -0.4 is 10.9 Å². The van der Waals surface area contributed by atoms with Crippen LogP contribution >= 0.6 is 0 Å². The van der Waals surface area contributed by atoms with E-state index >= 15 is 0 Å². The number of hydrazine groups is 1. The van der Waals surface area contributed by atoms with Gasteiger partial charge in [-0.15, -0.1) is 0 Å². The third-order valence-electron chi connectivity index (χ3n) is 10.4. The number of aryl methyl sites for hydroxylation is 1. The van der Waals surface area contributed by atoms with Crippen LogP contribution in [0.2, 0.25) is 0 Å². The van der Waals surface area contributed by atoms with Gasteiger partial charge in [0, 0.05) is 38.1 Å². The fourth-order valence-corrected chi connectivity index (χ4v) is 7.62. The highest BCUT2D eigenvalue weighted by Gasteiger charge is 2.48. The molecule has 4 aliphatic rings. The summed E-state index contributed by atoms with van der Waals surface area (Å²) in [5, 5.41) is 9.97. The largest absolute Gasteiger partial charge is 0.508 e. The summed E-state index contributed by atoms with van der Waals surface area (Å²) >= 11 is 0. The molecule has 5 atom stereocenters. The number of benzene rings is 1. The molecular formula is C31H47N7O2. The van der Waals surface area contributed by atoms with Gasteiger partial charge in [0.2, 0.25) is 5.91 Å². The van der Waals surface area contributed by atoms with Gasteiger partial charge in [-0.2, -0.15) is 0 Å². The Morgan fingerprint density at radius 1 is 1.23 bits per heavy atom. The second kappa shape index (κ2) is 10.4. The molecule has 4 N–H and O–H groups in total. The first kappa shape index (κ1) is 27.7. The molecule has 9 heteroatoms. The lowest BCUT2D eigenvalue weighted by Gasteiger charge is -2.53. The summed E-state index contributed by atoms with van der Waals surface area (Å²) in [5.41, 5.74) is 12.1. The second-order valence-corrected chi connectivity index (χ2v) is 13.4. The van der Waals surface area contributed by atoms with Crippen molar-refractivity contribution >= 4 is 5.91 Å². The molecule has 0 spiro atoms. The summed E-state index contributed by atoms with van der Waals surface area (Å²) in [7, 11) is 4.19. The van der Waals surface area contributed by atoms with Crippen molar-refractivity contribution in [2.24, 2.45) is 5.92 Å². The summed E-state index contributed by atoms with van der Waals surface area (Å²) in [5.74, 6) is 2.56. The quantitative estimate of drug-likeness (QED) is 0.440. The first-order valence-electron chi connectivity index (χ1n) is 15.2. The number of likely N-dealkylation sites (tertiary alicyclic amines) is 1. The van der Waals surface area contributed by atoms with E-state index in [0.29, 0.717) is 30.0 Å². The van der Waals surface area contributed by atoms with Crippen molar-refractivity contribution in [3.05, 3.63) is 46.5 Å². The highest BCUT2D eigenvalue weighted by atomic mass is 16.3. The first-order chi connectivity index (χ1) is 19.1. The monoisotopic (exact) mass is 549 g/mol. The van der Waals surface area contributed by atoms with Crippen LogP contribution in [0.5, 0.6) is 5.75 Å². The van der Waals surface area contributed by atoms with Crippen molar-refractivity contribution in [3.63, 3.8) is 0 Å². The Kier molecular flexibility index (Phi) is 7.22. The molecule has 6 rings (SSSR count). The summed E-state index contributed by atoms with van der Waals surface area (Å²) in [6.45, 7) is 11.1. The Morgan fingerprint density at radius 2 is 2.00 bits per heavy atom. The highest BCUT2D eigenvalue weighted by molar-refractivity contribution is 5.83. The van der Waals surface area contributed by atoms with Crippen LogP contribution in [-0.2, 0) is 24.2 Å². The van der Waals surface area contributed by atoms with Gasteiger partial charge < -0.3 is 19.9 Å². The van der Waals surface area contributed by atoms with Gasteiger partial charge in [0.15, 0.2) is 0 Å². The van der Waals surface area contributed by atoms with Crippen LogP contribution in [0, 0.1) is 5.92 Å². The molecule has 4 unspecified atom stereocenters. The molecule has 9 nitrogen and oxygen atoms in total. The Hall–Kier alpha value is -2.46. The minimum atomic E-state index is -0.161. The molecule has 1 aromatic carbocycles. The summed E-state index contributed by atoms with van der Waals surface area (Å²) in [6, 6.07) is 6.51. The van der Waals surface area contributed by atoms with Gasteiger partial charge >= 0.3 is 0 Å². The number of phenols is 1. The van der Waals surface area contributed by atoms with E-state index in [1.165, 1.54) is 11.1 Å². The number of rotatable bonds is 6. The maximum absolute atomic E-state index is 13.7. The van der Waals surface area contributed by atoms with Gasteiger partial charge in [0.05, 0.1) is 29.0 Å². The third kappa shape index (κ3) is 4.74. The predicted molar refractivity (Wildman–Crippen MR) is 156 cm³/mol. The Labute approximate surface area is 238 Å². The molecule has 0 radical (unpaired) electrons. The smallest absolute Gasteiger partial charge is 0.240 e. The van der Waals surface area contributed by atoms with E-state index in [1.807, 2.05) is 17.0 Å². The van der Waals surface area contributed by atoms with Crippen LogP contribution in [0.4, 0.5) is 0 Å². The molecule has 3 fully saturated rings. The van der Waals surface area contributed by atoms with E-state index in [1.54, 1.807) is 0 Å². The Balaban J connectivity index is 1.16. The van der Waals surface area contributed by atoms with Crippen molar-refractivity contribution in [2.75, 3.05) is 27.2 Å². The summed E-state index contributed by atoms with van der Waals surface area (Å²) in [6.07, 6.45) is 4.93. The number of aromatic amines is 1. The van der Waals surface area contributed by atoms with Crippen molar-refractivity contribution < 1.29 is 9.90 Å². The van der Waals surface area contributed by atoms with Crippen LogP contribution in [0.1, 0.15) is 87.3 Å². The molecule has 1 saturated carbocycles. The molecule has 4 heterocycles. The van der Waals surface area contributed by atoms with Gasteiger partial charge in [0.25, 0.3) is 0 Å². The maximum Gasteiger partial charge on any atom is 0.240 e. The molecule has 0 bridgehead atoms. The minimum absolute atomic E-state index is 0.0642. The van der Waals surface area contributed by atoms with E-state index in [9.17, 15) is 9.90 Å². The number of aromatic hydroxyl groups is 1. The molecule has 1 aliphatic carbocycles. The van der Waals surface area contributed by atoms with Gasteiger partial charge in [-0.25, -0.2) is 10.4 Å². The number of nitrogens with zero attached hydrogens (tertiary/aromatic N) is 4. The topological polar surface area (TPSA) is 99.8 Å². The fourth-order valence-electron chi connectivity index (χ4n) is 7.62. The molecule has 1 amide bonds. The standard InChI is InChI=1S/C31H47N7O2/c1-7-19-12-21(39)9-11-22(19)20-8-10-23-24(13-20)34-35-28(23)29-32-25-14-27(38(18(2)3)15-26(25)33-29)30(40)37-16-31(4,17-37)36(5)6/h9,11-12,18,20,23-24,27-28,34-35,39H,7-8,10,13-17H2,1-6H3,(H,32,33)/t20?,23?,24?,27-,28?/m0/s1. The number of nitrogens with one attached hydrogen (secondary N) is 3. The highest BCUT2D eigenvalue weighted by Crippen LogP contribution is 2.44. The molecule has 40 heavy (non-hydrogen) atoms. The number of likely N-dealkylation sites (N-methyl/N-ethyl adjacent to an activating group) is 1. The number of phenolic OH excluding ortho intramolecular Hbond substituents is 1. The SMILES string of the molecule is CCc1cc(O)ccc1C1CCC2C(C1)NNC2c1nc2c([nH]1)CN(C(C)C)[C@H](C(=O)N1CC(C)(N(C)C)C1)C2. The molecular weight excluding hydrogens is 502 g/mol. The number of carbonyl (C=O) groups excluding carboxylic acids is 1. The maximum atomic E-state index is 13.7. The number of amides is 1. The average molecular weight is 550 g/mol. The second-order valence-electron chi connectivity index (χ2n) is 13.4. The zero-order valence-electron chi connectivity index (χ0n) is 25.0. The van der Waals surface area contributed by atoms with Crippen molar-refractivity contribution in [2.45, 2.75) is 102 Å². The minimum Gasteiger partial charge on any atom is -0.508 e. The Morgan fingerprint density at radius 3 is 2.70 bits per heavy atom. The molecule has 1 aromatic heterocycles. The lowest BCUT2D eigenvalue weighted by atomic mass is 9.73. The zero-order chi connectivity index (χ0) is 28.3. The van der Waals surface area contributed by atoms with Gasteiger partial charge in [-0.3, -0.25) is 15.1 Å². The van der Waals surface area contributed by atoms with Crippen molar-refractivity contribution in [1.82, 2.24) is 35.5 Å². The summed E-state index contributed by atoms with van der Waals surface area (Å²) in [4.78, 5) is 29.1. The normalized spacial score (nSPS) is 29.9. The first-order valence-corrected chi connectivity index (χ1v) is 15.2.